The van der Waals surface area contributed by atoms with Gasteiger partial charge in [0.2, 0.25) is 0 Å². The van der Waals surface area contributed by atoms with Crippen LogP contribution in [0.25, 0.3) is 22.1 Å². The van der Waals surface area contributed by atoms with Gasteiger partial charge in [-0.15, -0.1) is 5.10 Å². The van der Waals surface area contributed by atoms with Crippen LogP contribution in [-0.4, -0.2) is 14.7 Å². The number of para-hydroxylation sites is 2. The molecule has 1 aliphatic carbocycles. The van der Waals surface area contributed by atoms with E-state index in [1.54, 1.807) is 0 Å². The molecule has 0 unspecified atom stereocenters. The summed E-state index contributed by atoms with van der Waals surface area (Å²) in [6.07, 6.45) is 2.12. The molecule has 3 aromatic carbocycles. The summed E-state index contributed by atoms with van der Waals surface area (Å²) in [6.45, 7) is 4.06. The van der Waals surface area contributed by atoms with Crippen LogP contribution in [0.15, 0.2) is 66.7 Å². The molecule has 28 heavy (non-hydrogen) atoms. The Balaban J connectivity index is 1.95. The van der Waals surface area contributed by atoms with Crippen molar-refractivity contribution in [3.8, 4) is 0 Å². The Morgan fingerprint density at radius 3 is 2.14 bits per heavy atom. The Kier molecular flexibility index (Phi) is 3.74. The van der Waals surface area contributed by atoms with Gasteiger partial charge < -0.3 is 10.0 Å². The number of fused-ring (bicyclic) bond motifs is 2. The summed E-state index contributed by atoms with van der Waals surface area (Å²) >= 11 is 1.38. The van der Waals surface area contributed by atoms with Crippen molar-refractivity contribution in [2.75, 3.05) is 4.90 Å². The van der Waals surface area contributed by atoms with E-state index in [1.165, 1.54) is 11.5 Å². The molecule has 0 fully saturated rings. The molecule has 0 amide bonds. The van der Waals surface area contributed by atoms with Crippen LogP contribution in [0, 0.1) is 5.41 Å². The Morgan fingerprint density at radius 2 is 1.54 bits per heavy atom. The van der Waals surface area contributed by atoms with E-state index in [1.807, 2.05) is 50.2 Å². The predicted molar refractivity (Wildman–Crippen MR) is 116 cm³/mol. The molecule has 0 radical (unpaired) electrons. The Morgan fingerprint density at radius 1 is 0.929 bits per heavy atom. The van der Waals surface area contributed by atoms with Gasteiger partial charge in [0.1, 0.15) is 11.3 Å². The number of benzene rings is 3. The first-order chi connectivity index (χ1) is 13.6. The van der Waals surface area contributed by atoms with Crippen molar-refractivity contribution < 1.29 is 5.11 Å². The quantitative estimate of drug-likeness (QED) is 0.558. The molecule has 0 saturated heterocycles. The fraction of sp³-hybridized carbons (Fsp3) is 0.130. The predicted octanol–water partition coefficient (Wildman–Crippen LogP) is 4.65. The highest BCUT2D eigenvalue weighted by molar-refractivity contribution is 7.13. The van der Waals surface area contributed by atoms with Crippen molar-refractivity contribution in [1.29, 1.82) is 0 Å². The van der Waals surface area contributed by atoms with Gasteiger partial charge in [-0.3, -0.25) is 0 Å². The average Bonchev–Trinajstić information content (AvgIpc) is 3.25. The standard InChI is InChI=1S/C23H19N3OS/c1-23(2)14-15-13-18-20(24-25-28-18)21(19(15)22(23)27)26(16-9-5-3-6-10-16)17-11-7-4-8-12-17/h3-14,27H,1-2H3. The van der Waals surface area contributed by atoms with E-state index in [4.69, 9.17) is 0 Å². The van der Waals surface area contributed by atoms with Gasteiger partial charge in [-0.05, 0) is 60.9 Å². The van der Waals surface area contributed by atoms with Gasteiger partial charge in [0.25, 0.3) is 0 Å². The van der Waals surface area contributed by atoms with Gasteiger partial charge >= 0.3 is 0 Å². The van der Waals surface area contributed by atoms with Gasteiger partial charge in [0, 0.05) is 22.0 Å². The third kappa shape index (κ3) is 2.51. The highest BCUT2D eigenvalue weighted by Crippen LogP contribution is 2.38. The maximum Gasteiger partial charge on any atom is 0.130 e. The van der Waals surface area contributed by atoms with E-state index in [0.717, 1.165) is 37.7 Å². The van der Waals surface area contributed by atoms with Crippen LogP contribution in [0.2, 0.25) is 0 Å². The van der Waals surface area contributed by atoms with Gasteiger partial charge in [-0.25, -0.2) is 0 Å². The van der Waals surface area contributed by atoms with Crippen molar-refractivity contribution in [2.45, 2.75) is 13.8 Å². The van der Waals surface area contributed by atoms with Crippen molar-refractivity contribution in [2.24, 2.45) is 5.41 Å². The normalized spacial score (nSPS) is 14.7. The number of hydrogen-bond acceptors (Lipinski definition) is 5. The smallest absolute Gasteiger partial charge is 0.130 e. The highest BCUT2D eigenvalue weighted by atomic mass is 32.1. The van der Waals surface area contributed by atoms with Gasteiger partial charge in [-0.2, -0.15) is 0 Å². The summed E-state index contributed by atoms with van der Waals surface area (Å²) in [5.74, 6) is 0.365. The topological polar surface area (TPSA) is 49.2 Å². The number of aliphatic hydroxyl groups is 1. The largest absolute Gasteiger partial charge is 0.511 e. The van der Waals surface area contributed by atoms with Crippen LogP contribution >= 0.6 is 11.5 Å². The zero-order valence-electron chi connectivity index (χ0n) is 15.6. The first-order valence-corrected chi connectivity index (χ1v) is 9.95. The lowest BCUT2D eigenvalue weighted by molar-refractivity contribution is 0.415. The maximum absolute atomic E-state index is 11.1. The van der Waals surface area contributed by atoms with E-state index in [2.05, 4.69) is 50.9 Å². The molecule has 0 bridgehead atoms. The molecule has 1 N–H and O–H groups in total. The molecular formula is C23H19N3OS. The molecule has 138 valence electrons. The zero-order valence-corrected chi connectivity index (χ0v) is 16.4. The number of hydrogen-bond donors (Lipinski definition) is 1. The highest BCUT2D eigenvalue weighted by Gasteiger charge is 2.30. The van der Waals surface area contributed by atoms with Crippen molar-refractivity contribution >= 4 is 50.6 Å². The summed E-state index contributed by atoms with van der Waals surface area (Å²) in [5.41, 5.74) is 3.27. The van der Waals surface area contributed by atoms with Gasteiger partial charge in [-0.1, -0.05) is 47.0 Å². The minimum absolute atomic E-state index is 0.365. The summed E-state index contributed by atoms with van der Waals surface area (Å²) in [6, 6.07) is 22.4. The number of rotatable bonds is 3. The van der Waals surface area contributed by atoms with Crippen LogP contribution in [0.1, 0.15) is 13.8 Å². The van der Waals surface area contributed by atoms with Crippen LogP contribution in [0.5, 0.6) is 0 Å². The Hall–Kier alpha value is -3.18. The Labute approximate surface area is 166 Å². The minimum Gasteiger partial charge on any atom is -0.511 e. The lowest BCUT2D eigenvalue weighted by atomic mass is 9.93. The zero-order chi connectivity index (χ0) is 19.3. The van der Waals surface area contributed by atoms with E-state index >= 15 is 0 Å². The van der Waals surface area contributed by atoms with Crippen molar-refractivity contribution in [3.05, 3.63) is 77.2 Å². The maximum atomic E-state index is 11.1. The van der Waals surface area contributed by atoms with Crippen molar-refractivity contribution in [1.82, 2.24) is 9.59 Å². The van der Waals surface area contributed by atoms with Crippen LogP contribution in [-0.2, 0) is 0 Å². The molecule has 5 heteroatoms. The SMILES string of the molecule is CC1(C)C=c2cc3snnc3c(N(c3ccccc3)c3ccccc3)c2=C1O. The molecule has 5 rings (SSSR count). The molecule has 4 aromatic rings. The first kappa shape index (κ1) is 17.0. The summed E-state index contributed by atoms with van der Waals surface area (Å²) in [7, 11) is 0. The monoisotopic (exact) mass is 385 g/mol. The first-order valence-electron chi connectivity index (χ1n) is 9.18. The number of nitrogens with zero attached hydrogens (tertiary/aromatic N) is 3. The fourth-order valence-corrected chi connectivity index (χ4v) is 4.46. The lowest BCUT2D eigenvalue weighted by Crippen LogP contribution is -2.30. The van der Waals surface area contributed by atoms with Gasteiger partial charge in [0.15, 0.2) is 0 Å². The summed E-state index contributed by atoms with van der Waals surface area (Å²) < 4.78 is 5.20. The second-order valence-electron chi connectivity index (χ2n) is 7.53. The third-order valence-electron chi connectivity index (χ3n) is 5.17. The number of aliphatic hydroxyl groups excluding tert-OH is 1. The second-order valence-corrected chi connectivity index (χ2v) is 8.32. The number of aromatic nitrogens is 2. The molecule has 1 heterocycles. The Bertz CT molecular complexity index is 1250. The molecule has 0 atom stereocenters. The second kappa shape index (κ2) is 6.17. The third-order valence-corrected chi connectivity index (χ3v) is 5.84. The van der Waals surface area contributed by atoms with Crippen LogP contribution in [0.4, 0.5) is 17.1 Å². The molecule has 0 spiro atoms. The number of anilines is 3. The minimum atomic E-state index is -0.424. The van der Waals surface area contributed by atoms with E-state index in [-0.39, 0.29) is 0 Å². The lowest BCUT2D eigenvalue weighted by Gasteiger charge is -2.26. The van der Waals surface area contributed by atoms with Crippen LogP contribution < -0.4 is 15.3 Å². The van der Waals surface area contributed by atoms with E-state index < -0.39 is 5.41 Å². The fourth-order valence-electron chi connectivity index (χ4n) is 3.85. The molecule has 0 saturated carbocycles. The molecule has 1 aliphatic rings. The molecule has 0 aliphatic heterocycles. The molecule has 4 nitrogen and oxygen atoms in total. The van der Waals surface area contributed by atoms with Gasteiger partial charge in [0.05, 0.1) is 10.4 Å². The summed E-state index contributed by atoms with van der Waals surface area (Å²) in [5, 5.41) is 17.4. The summed E-state index contributed by atoms with van der Waals surface area (Å²) in [4.78, 5) is 2.16. The van der Waals surface area contributed by atoms with Crippen LogP contribution in [0.3, 0.4) is 0 Å². The van der Waals surface area contributed by atoms with E-state index in [9.17, 15) is 5.11 Å². The van der Waals surface area contributed by atoms with Crippen molar-refractivity contribution in [3.63, 3.8) is 0 Å². The molecular weight excluding hydrogens is 366 g/mol. The average molecular weight is 385 g/mol. The van der Waals surface area contributed by atoms with E-state index in [0.29, 0.717) is 5.76 Å². The molecule has 1 aromatic heterocycles.